The molecule has 158 valence electrons. The summed E-state index contributed by atoms with van der Waals surface area (Å²) in [5.74, 6) is -0.314. The standard InChI is InChI=1S/C27H33FN2/c1-6-26(2,3)16-20-8-7-9-24(29-18-20)17-27(4,5)22-12-10-21(11-13-22)25-15-14-23(28)19-30-25/h6,9-15,18-19,29H,1,7-8,16-17H2,2-5H3. The van der Waals surface area contributed by atoms with Gasteiger partial charge in [0.15, 0.2) is 0 Å². The maximum atomic E-state index is 13.1. The van der Waals surface area contributed by atoms with Crippen LogP contribution in [0.5, 0.6) is 0 Å². The van der Waals surface area contributed by atoms with Gasteiger partial charge in [0.05, 0.1) is 11.9 Å². The fraction of sp³-hybridized carbons (Fsp3) is 0.370. The Hall–Kier alpha value is -2.68. The Bertz CT molecular complexity index is 932. The summed E-state index contributed by atoms with van der Waals surface area (Å²) in [4.78, 5) is 4.18. The van der Waals surface area contributed by atoms with Crippen LogP contribution in [0.3, 0.4) is 0 Å². The van der Waals surface area contributed by atoms with Crippen molar-refractivity contribution in [1.29, 1.82) is 0 Å². The summed E-state index contributed by atoms with van der Waals surface area (Å²) in [6, 6.07) is 11.6. The molecule has 3 heteroatoms. The van der Waals surface area contributed by atoms with E-state index in [9.17, 15) is 4.39 Å². The van der Waals surface area contributed by atoms with E-state index in [4.69, 9.17) is 0 Å². The van der Waals surface area contributed by atoms with E-state index in [-0.39, 0.29) is 16.6 Å². The molecule has 1 aliphatic heterocycles. The number of nitrogens with one attached hydrogen (secondary N) is 1. The van der Waals surface area contributed by atoms with Crippen LogP contribution in [-0.2, 0) is 5.41 Å². The molecule has 0 aliphatic carbocycles. The number of benzene rings is 1. The number of hydrogen-bond donors (Lipinski definition) is 1. The highest BCUT2D eigenvalue weighted by Crippen LogP contribution is 2.33. The summed E-state index contributed by atoms with van der Waals surface area (Å²) in [5, 5.41) is 3.57. The summed E-state index contributed by atoms with van der Waals surface area (Å²) >= 11 is 0. The number of rotatable bonds is 7. The fourth-order valence-electron chi connectivity index (χ4n) is 3.89. The van der Waals surface area contributed by atoms with E-state index in [1.165, 1.54) is 29.1 Å². The van der Waals surface area contributed by atoms with E-state index >= 15 is 0 Å². The molecule has 1 aliphatic rings. The second-order valence-corrected chi connectivity index (χ2v) is 9.58. The molecule has 0 unspecified atom stereocenters. The molecule has 30 heavy (non-hydrogen) atoms. The Kier molecular flexibility index (Phi) is 6.60. The van der Waals surface area contributed by atoms with Gasteiger partial charge in [-0.2, -0.15) is 0 Å². The average Bonchev–Trinajstić information content (AvgIpc) is 2.93. The van der Waals surface area contributed by atoms with Gasteiger partial charge in [-0.25, -0.2) is 4.39 Å². The second kappa shape index (κ2) is 8.99. The zero-order valence-corrected chi connectivity index (χ0v) is 18.6. The molecule has 0 radical (unpaired) electrons. The molecule has 1 aromatic heterocycles. The van der Waals surface area contributed by atoms with Gasteiger partial charge < -0.3 is 5.32 Å². The van der Waals surface area contributed by atoms with Gasteiger partial charge in [0, 0.05) is 11.3 Å². The normalized spacial score (nSPS) is 15.0. The largest absolute Gasteiger partial charge is 0.365 e. The van der Waals surface area contributed by atoms with E-state index in [0.717, 1.165) is 36.9 Å². The maximum absolute atomic E-state index is 13.1. The van der Waals surface area contributed by atoms with Crippen molar-refractivity contribution in [3.05, 3.63) is 90.2 Å². The molecule has 0 saturated carbocycles. The SMILES string of the molecule is C=CC(C)(C)CC1=CNC(CC(C)(C)c2ccc(-c3ccc(F)cn3)cc2)=CCC1. The van der Waals surface area contributed by atoms with Crippen LogP contribution >= 0.6 is 0 Å². The van der Waals surface area contributed by atoms with Gasteiger partial charge in [-0.1, -0.05) is 69.7 Å². The Morgan fingerprint density at radius 3 is 2.43 bits per heavy atom. The molecule has 1 N–H and O–H groups in total. The van der Waals surface area contributed by atoms with E-state index in [1.807, 2.05) is 6.08 Å². The van der Waals surface area contributed by atoms with E-state index in [2.05, 4.69) is 81.1 Å². The predicted octanol–water partition coefficient (Wildman–Crippen LogP) is 7.31. The highest BCUT2D eigenvalue weighted by molar-refractivity contribution is 5.59. The van der Waals surface area contributed by atoms with Gasteiger partial charge in [0.2, 0.25) is 0 Å². The summed E-state index contributed by atoms with van der Waals surface area (Å²) in [6.07, 6.45) is 12.0. The minimum atomic E-state index is -0.314. The molecule has 1 aromatic carbocycles. The molecule has 0 atom stereocenters. The summed E-state index contributed by atoms with van der Waals surface area (Å²) in [5.41, 5.74) is 5.89. The molecular formula is C27H33FN2. The smallest absolute Gasteiger partial charge is 0.141 e. The average molecular weight is 405 g/mol. The quantitative estimate of drug-likeness (QED) is 0.489. The zero-order valence-electron chi connectivity index (χ0n) is 18.6. The first-order valence-corrected chi connectivity index (χ1v) is 10.7. The minimum Gasteiger partial charge on any atom is -0.365 e. The van der Waals surface area contributed by atoms with Crippen LogP contribution in [0.2, 0.25) is 0 Å². The van der Waals surface area contributed by atoms with E-state index in [1.54, 1.807) is 6.07 Å². The topological polar surface area (TPSA) is 24.9 Å². The fourth-order valence-corrected chi connectivity index (χ4v) is 3.89. The van der Waals surface area contributed by atoms with Crippen molar-refractivity contribution in [2.24, 2.45) is 5.41 Å². The molecule has 2 heterocycles. The molecule has 0 fully saturated rings. The van der Waals surface area contributed by atoms with Crippen molar-refractivity contribution in [2.45, 2.75) is 58.8 Å². The summed E-state index contributed by atoms with van der Waals surface area (Å²) < 4.78 is 13.1. The first-order valence-electron chi connectivity index (χ1n) is 10.7. The monoisotopic (exact) mass is 404 g/mol. The molecule has 3 rings (SSSR count). The lowest BCUT2D eigenvalue weighted by atomic mass is 9.80. The van der Waals surface area contributed by atoms with Crippen molar-refractivity contribution in [1.82, 2.24) is 10.3 Å². The van der Waals surface area contributed by atoms with Crippen LogP contribution in [0.1, 0.15) is 58.9 Å². The molecule has 0 amide bonds. The Morgan fingerprint density at radius 2 is 1.80 bits per heavy atom. The number of aromatic nitrogens is 1. The third kappa shape index (κ3) is 5.69. The molecule has 0 bridgehead atoms. The lowest BCUT2D eigenvalue weighted by Gasteiger charge is -2.27. The van der Waals surface area contributed by atoms with Crippen LogP contribution in [0.15, 0.2) is 78.8 Å². The third-order valence-electron chi connectivity index (χ3n) is 5.88. The number of halogens is 1. The summed E-state index contributed by atoms with van der Waals surface area (Å²) in [7, 11) is 0. The van der Waals surface area contributed by atoms with Gasteiger partial charge >= 0.3 is 0 Å². The maximum Gasteiger partial charge on any atom is 0.141 e. The van der Waals surface area contributed by atoms with Crippen molar-refractivity contribution < 1.29 is 4.39 Å². The van der Waals surface area contributed by atoms with Crippen molar-refractivity contribution in [3.8, 4) is 11.3 Å². The second-order valence-electron chi connectivity index (χ2n) is 9.58. The predicted molar refractivity (Wildman–Crippen MR) is 124 cm³/mol. The number of nitrogens with zero attached hydrogens (tertiary/aromatic N) is 1. The molecule has 0 saturated heterocycles. The first-order chi connectivity index (χ1) is 14.2. The molecule has 0 spiro atoms. The van der Waals surface area contributed by atoms with Crippen molar-refractivity contribution in [2.75, 3.05) is 0 Å². The van der Waals surface area contributed by atoms with Crippen LogP contribution in [-0.4, -0.2) is 4.98 Å². The zero-order chi connectivity index (χ0) is 21.8. The van der Waals surface area contributed by atoms with Crippen molar-refractivity contribution in [3.63, 3.8) is 0 Å². The van der Waals surface area contributed by atoms with E-state index < -0.39 is 0 Å². The van der Waals surface area contributed by atoms with Gasteiger partial charge in [0.25, 0.3) is 0 Å². The highest BCUT2D eigenvalue weighted by Gasteiger charge is 2.23. The molecule has 2 nitrogen and oxygen atoms in total. The Morgan fingerprint density at radius 1 is 1.07 bits per heavy atom. The Labute approximate surface area is 180 Å². The summed E-state index contributed by atoms with van der Waals surface area (Å²) in [6.45, 7) is 13.0. The van der Waals surface area contributed by atoms with Crippen molar-refractivity contribution >= 4 is 0 Å². The van der Waals surface area contributed by atoms with Crippen LogP contribution in [0.4, 0.5) is 4.39 Å². The lowest BCUT2D eigenvalue weighted by molar-refractivity contribution is 0.468. The van der Waals surface area contributed by atoms with Gasteiger partial charge in [-0.15, -0.1) is 6.58 Å². The number of allylic oxidation sites excluding steroid dienone is 4. The lowest BCUT2D eigenvalue weighted by Crippen LogP contribution is -2.22. The highest BCUT2D eigenvalue weighted by atomic mass is 19.1. The van der Waals surface area contributed by atoms with Gasteiger partial charge in [-0.3, -0.25) is 4.98 Å². The van der Waals surface area contributed by atoms with Crippen LogP contribution in [0, 0.1) is 11.2 Å². The minimum absolute atomic E-state index is 0.00762. The van der Waals surface area contributed by atoms with Crippen LogP contribution < -0.4 is 5.32 Å². The number of hydrogen-bond acceptors (Lipinski definition) is 2. The Balaban J connectivity index is 1.68. The number of pyridine rings is 1. The third-order valence-corrected chi connectivity index (χ3v) is 5.88. The van der Waals surface area contributed by atoms with E-state index in [0.29, 0.717) is 0 Å². The first kappa shape index (κ1) is 22.0. The van der Waals surface area contributed by atoms with Gasteiger partial charge in [-0.05, 0) is 60.4 Å². The van der Waals surface area contributed by atoms with Gasteiger partial charge in [0.1, 0.15) is 5.82 Å². The molecule has 2 aromatic rings. The van der Waals surface area contributed by atoms with Crippen LogP contribution in [0.25, 0.3) is 11.3 Å². The molecular weight excluding hydrogens is 371 g/mol.